The van der Waals surface area contributed by atoms with E-state index in [-0.39, 0.29) is 12.5 Å². The summed E-state index contributed by atoms with van der Waals surface area (Å²) < 4.78 is 0. The van der Waals surface area contributed by atoms with Crippen LogP contribution in [0.1, 0.15) is 28.3 Å². The minimum absolute atomic E-state index is 0.0312. The number of aliphatic hydroxyl groups excluding tert-OH is 1. The van der Waals surface area contributed by atoms with Gasteiger partial charge in [0.25, 0.3) is 5.91 Å². The molecule has 0 bridgehead atoms. The third kappa shape index (κ3) is 4.12. The molecule has 0 unspecified atom stereocenters. The molecule has 2 N–H and O–H groups in total. The Hall–Kier alpha value is -2.72. The quantitative estimate of drug-likeness (QED) is 0.783. The summed E-state index contributed by atoms with van der Waals surface area (Å²) in [6, 6.07) is 3.36. The SMILES string of the molecule is CN(Cc1ncn[nH]1)C(=O)c1ccc(C#CCCO)cn1. The third-order valence-corrected chi connectivity index (χ3v) is 2.65. The second-order valence-corrected chi connectivity index (χ2v) is 4.30. The van der Waals surface area contributed by atoms with Crippen molar-refractivity contribution in [3.8, 4) is 11.8 Å². The summed E-state index contributed by atoms with van der Waals surface area (Å²) in [5.41, 5.74) is 1.04. The number of hydrogen-bond donors (Lipinski definition) is 2. The lowest BCUT2D eigenvalue weighted by Gasteiger charge is -2.14. The zero-order valence-electron chi connectivity index (χ0n) is 11.6. The zero-order chi connectivity index (χ0) is 15.1. The summed E-state index contributed by atoms with van der Waals surface area (Å²) >= 11 is 0. The molecule has 0 radical (unpaired) electrons. The first kappa shape index (κ1) is 14.7. The maximum atomic E-state index is 12.2. The number of nitrogens with zero attached hydrogens (tertiary/aromatic N) is 4. The zero-order valence-corrected chi connectivity index (χ0v) is 11.6. The molecule has 0 spiro atoms. The lowest BCUT2D eigenvalue weighted by atomic mass is 10.2. The first-order valence-electron chi connectivity index (χ1n) is 6.36. The molecule has 21 heavy (non-hydrogen) atoms. The van der Waals surface area contributed by atoms with Crippen LogP contribution < -0.4 is 0 Å². The number of hydrogen-bond acceptors (Lipinski definition) is 5. The molecule has 7 nitrogen and oxygen atoms in total. The van der Waals surface area contributed by atoms with Crippen molar-refractivity contribution in [2.24, 2.45) is 0 Å². The molecule has 2 heterocycles. The van der Waals surface area contributed by atoms with E-state index in [9.17, 15) is 4.79 Å². The van der Waals surface area contributed by atoms with Gasteiger partial charge in [-0.05, 0) is 12.1 Å². The summed E-state index contributed by atoms with van der Waals surface area (Å²) in [6.07, 6.45) is 3.35. The number of nitrogens with one attached hydrogen (secondary N) is 1. The lowest BCUT2D eigenvalue weighted by Crippen LogP contribution is -2.27. The fourth-order valence-corrected chi connectivity index (χ4v) is 1.61. The normalized spacial score (nSPS) is 9.81. The van der Waals surface area contributed by atoms with Crippen LogP contribution in [0.25, 0.3) is 0 Å². The van der Waals surface area contributed by atoms with Crippen LogP contribution in [0, 0.1) is 11.8 Å². The van der Waals surface area contributed by atoms with Crippen LogP contribution in [-0.4, -0.2) is 49.7 Å². The molecule has 0 aliphatic rings. The van der Waals surface area contributed by atoms with E-state index in [0.29, 0.717) is 30.0 Å². The molecule has 0 saturated heterocycles. The molecule has 2 aromatic rings. The number of aromatic amines is 1. The predicted octanol–water partition coefficient (Wildman–Crippen LogP) is 0.206. The first-order chi connectivity index (χ1) is 10.2. The number of aliphatic hydroxyl groups is 1. The van der Waals surface area contributed by atoms with Gasteiger partial charge >= 0.3 is 0 Å². The van der Waals surface area contributed by atoms with Crippen molar-refractivity contribution in [1.29, 1.82) is 0 Å². The molecule has 2 rings (SSSR count). The minimum Gasteiger partial charge on any atom is -0.395 e. The molecule has 0 fully saturated rings. The average Bonchev–Trinajstić information content (AvgIpc) is 3.00. The van der Waals surface area contributed by atoms with Gasteiger partial charge in [0.05, 0.1) is 13.2 Å². The maximum Gasteiger partial charge on any atom is 0.272 e. The Balaban J connectivity index is 2.01. The van der Waals surface area contributed by atoms with Gasteiger partial charge in [0.2, 0.25) is 0 Å². The van der Waals surface area contributed by atoms with Crippen LogP contribution >= 0.6 is 0 Å². The highest BCUT2D eigenvalue weighted by atomic mass is 16.2. The van der Waals surface area contributed by atoms with E-state index >= 15 is 0 Å². The van der Waals surface area contributed by atoms with Crippen LogP contribution in [0.3, 0.4) is 0 Å². The smallest absolute Gasteiger partial charge is 0.272 e. The standard InChI is InChI=1S/C14H15N5O2/c1-19(9-13-16-10-17-18-13)14(21)12-6-5-11(8-15-12)4-2-3-7-20/h5-6,8,10,20H,3,7,9H2,1H3,(H,16,17,18). The van der Waals surface area contributed by atoms with Gasteiger partial charge in [0.1, 0.15) is 17.8 Å². The second kappa shape index (κ2) is 7.17. The van der Waals surface area contributed by atoms with Gasteiger partial charge in [-0.1, -0.05) is 11.8 Å². The van der Waals surface area contributed by atoms with E-state index in [1.807, 2.05) is 0 Å². The lowest BCUT2D eigenvalue weighted by molar-refractivity contribution is 0.0776. The topological polar surface area (TPSA) is 95.0 Å². The summed E-state index contributed by atoms with van der Waals surface area (Å²) in [4.78, 5) is 21.7. The summed E-state index contributed by atoms with van der Waals surface area (Å²) in [5, 5.41) is 15.1. The number of pyridine rings is 1. The van der Waals surface area contributed by atoms with Crippen LogP contribution in [-0.2, 0) is 6.54 Å². The molecular formula is C14H15N5O2. The number of aromatic nitrogens is 4. The summed E-state index contributed by atoms with van der Waals surface area (Å²) in [6.45, 7) is 0.363. The number of H-pyrrole nitrogens is 1. The second-order valence-electron chi connectivity index (χ2n) is 4.30. The average molecular weight is 285 g/mol. The molecule has 0 aliphatic heterocycles. The largest absolute Gasteiger partial charge is 0.395 e. The molecule has 0 atom stereocenters. The van der Waals surface area contributed by atoms with E-state index in [2.05, 4.69) is 32.0 Å². The Morgan fingerprint density at radius 3 is 2.90 bits per heavy atom. The van der Waals surface area contributed by atoms with E-state index in [1.165, 1.54) is 11.2 Å². The molecule has 0 aliphatic carbocycles. The predicted molar refractivity (Wildman–Crippen MR) is 75.0 cm³/mol. The van der Waals surface area contributed by atoms with Gasteiger partial charge in [-0.25, -0.2) is 9.97 Å². The Kier molecular flexibility index (Phi) is 5.01. The molecule has 1 amide bonds. The number of carbonyl (C=O) groups excluding carboxylic acids is 1. The van der Waals surface area contributed by atoms with Crippen LogP contribution in [0.4, 0.5) is 0 Å². The summed E-state index contributed by atoms with van der Waals surface area (Å²) in [5.74, 6) is 6.06. The van der Waals surface area contributed by atoms with Crippen molar-refractivity contribution in [3.63, 3.8) is 0 Å². The molecule has 0 aromatic carbocycles. The van der Waals surface area contributed by atoms with Crippen LogP contribution in [0.15, 0.2) is 24.7 Å². The van der Waals surface area contributed by atoms with Crippen molar-refractivity contribution in [1.82, 2.24) is 25.1 Å². The highest BCUT2D eigenvalue weighted by Crippen LogP contribution is 2.04. The van der Waals surface area contributed by atoms with Crippen molar-refractivity contribution >= 4 is 5.91 Å². The minimum atomic E-state index is -0.207. The molecule has 7 heteroatoms. The van der Waals surface area contributed by atoms with Crippen molar-refractivity contribution in [2.75, 3.05) is 13.7 Å². The molecule has 108 valence electrons. The van der Waals surface area contributed by atoms with E-state index in [4.69, 9.17) is 5.11 Å². The van der Waals surface area contributed by atoms with Crippen molar-refractivity contribution in [2.45, 2.75) is 13.0 Å². The van der Waals surface area contributed by atoms with Crippen molar-refractivity contribution in [3.05, 3.63) is 41.7 Å². The molecule has 0 saturated carbocycles. The van der Waals surface area contributed by atoms with E-state index < -0.39 is 0 Å². The third-order valence-electron chi connectivity index (χ3n) is 2.65. The number of carbonyl (C=O) groups is 1. The highest BCUT2D eigenvalue weighted by Gasteiger charge is 2.14. The number of rotatable bonds is 4. The fraction of sp³-hybridized carbons (Fsp3) is 0.286. The van der Waals surface area contributed by atoms with E-state index in [1.54, 1.807) is 25.4 Å². The molecule has 2 aromatic heterocycles. The van der Waals surface area contributed by atoms with Crippen LogP contribution in [0.2, 0.25) is 0 Å². The Bertz CT molecular complexity index is 640. The fourth-order valence-electron chi connectivity index (χ4n) is 1.61. The van der Waals surface area contributed by atoms with Gasteiger partial charge in [0.15, 0.2) is 0 Å². The number of amides is 1. The highest BCUT2D eigenvalue weighted by molar-refractivity contribution is 5.92. The van der Waals surface area contributed by atoms with Gasteiger partial charge < -0.3 is 10.0 Å². The first-order valence-corrected chi connectivity index (χ1v) is 6.36. The maximum absolute atomic E-state index is 12.2. The van der Waals surface area contributed by atoms with Crippen molar-refractivity contribution < 1.29 is 9.90 Å². The van der Waals surface area contributed by atoms with Crippen LogP contribution in [0.5, 0.6) is 0 Å². The Labute approximate surface area is 122 Å². The van der Waals surface area contributed by atoms with Gasteiger partial charge in [-0.2, -0.15) is 5.10 Å². The Morgan fingerprint density at radius 2 is 2.29 bits per heavy atom. The summed E-state index contributed by atoms with van der Waals surface area (Å²) in [7, 11) is 1.67. The monoisotopic (exact) mass is 285 g/mol. The van der Waals surface area contributed by atoms with E-state index in [0.717, 1.165) is 0 Å². The Morgan fingerprint density at radius 1 is 1.43 bits per heavy atom. The van der Waals surface area contributed by atoms with Gasteiger partial charge in [0, 0.05) is 25.2 Å². The van der Waals surface area contributed by atoms with Gasteiger partial charge in [-0.3, -0.25) is 9.89 Å². The molecular weight excluding hydrogens is 270 g/mol. The van der Waals surface area contributed by atoms with Gasteiger partial charge in [-0.15, -0.1) is 0 Å².